The molecule has 0 atom stereocenters. The maximum absolute atomic E-state index is 2.42. The second kappa shape index (κ2) is 8.76. The van der Waals surface area contributed by atoms with E-state index in [1.54, 1.807) is 0 Å². The van der Waals surface area contributed by atoms with E-state index in [1.807, 2.05) is 0 Å². The van der Waals surface area contributed by atoms with Crippen molar-refractivity contribution in [2.45, 2.75) is 0 Å². The highest BCUT2D eigenvalue weighted by Gasteiger charge is 2.27. The summed E-state index contributed by atoms with van der Waals surface area (Å²) in [5.41, 5.74) is 10.6. The van der Waals surface area contributed by atoms with Crippen LogP contribution in [0.25, 0.3) is 120 Å². The van der Waals surface area contributed by atoms with Crippen LogP contribution in [0.3, 0.4) is 0 Å². The molecule has 11 aromatic carbocycles. The predicted octanol–water partition coefficient (Wildman–Crippen LogP) is 13.6. The Morgan fingerprint density at radius 1 is 0.208 bits per heavy atom. The van der Waals surface area contributed by atoms with E-state index in [1.165, 1.54) is 120 Å². The molecule has 48 heavy (non-hydrogen) atoms. The Bertz CT molecular complexity index is 3110. The van der Waals surface area contributed by atoms with Crippen LogP contribution >= 0.6 is 0 Å². The second-order valence-electron chi connectivity index (χ2n) is 13.5. The van der Waals surface area contributed by atoms with Crippen LogP contribution in [0.5, 0.6) is 0 Å². The quantitative estimate of drug-likeness (QED) is 0.185. The number of fused-ring (bicyclic) bond motifs is 10. The summed E-state index contributed by atoms with van der Waals surface area (Å²) in [6.45, 7) is 0. The van der Waals surface area contributed by atoms with Gasteiger partial charge >= 0.3 is 0 Å². The Hall–Kier alpha value is -6.24. The fourth-order valence-corrected chi connectivity index (χ4v) is 9.52. The van der Waals surface area contributed by atoms with Crippen molar-refractivity contribution in [3.63, 3.8) is 0 Å². The molecule has 0 heteroatoms. The van der Waals surface area contributed by atoms with Gasteiger partial charge in [-0.2, -0.15) is 0 Å². The first-order chi connectivity index (χ1) is 23.9. The van der Waals surface area contributed by atoms with E-state index < -0.39 is 0 Å². The number of rotatable bonds is 2. The minimum atomic E-state index is 1.27. The van der Waals surface area contributed by atoms with Gasteiger partial charge in [0.15, 0.2) is 0 Å². The smallest absolute Gasteiger partial charge is 0.000697 e. The molecule has 1 aliphatic rings. The Morgan fingerprint density at radius 2 is 0.708 bits per heavy atom. The molecule has 0 amide bonds. The van der Waals surface area contributed by atoms with Crippen LogP contribution in [0.1, 0.15) is 0 Å². The Balaban J connectivity index is 1.32. The molecule has 0 spiro atoms. The lowest BCUT2D eigenvalue weighted by Crippen LogP contribution is -1.88. The van der Waals surface area contributed by atoms with Crippen molar-refractivity contribution in [1.29, 1.82) is 0 Å². The molecule has 0 radical (unpaired) electrons. The van der Waals surface area contributed by atoms with Gasteiger partial charge in [0.25, 0.3) is 0 Å². The number of hydrogen-bond donors (Lipinski definition) is 0. The third-order valence-corrected chi connectivity index (χ3v) is 11.3. The van der Waals surface area contributed by atoms with E-state index in [9.17, 15) is 0 Å². The largest absolute Gasteiger partial charge is 0.0622 e. The maximum atomic E-state index is 2.42. The van der Waals surface area contributed by atoms with Crippen LogP contribution in [0.4, 0.5) is 0 Å². The van der Waals surface area contributed by atoms with Crippen molar-refractivity contribution in [1.82, 2.24) is 0 Å². The van der Waals surface area contributed by atoms with Gasteiger partial charge in [0.2, 0.25) is 0 Å². The summed E-state index contributed by atoms with van der Waals surface area (Å²) in [6.07, 6.45) is 0. The van der Waals surface area contributed by atoms with Crippen LogP contribution < -0.4 is 0 Å². The molecule has 0 N–H and O–H groups in total. The number of benzene rings is 9. The molecule has 0 nitrogen and oxygen atoms in total. The third kappa shape index (κ3) is 2.89. The molecule has 0 saturated heterocycles. The molecule has 0 saturated carbocycles. The Morgan fingerprint density at radius 3 is 1.50 bits per heavy atom. The zero-order chi connectivity index (χ0) is 31.1. The molecule has 0 unspecified atom stereocenters. The van der Waals surface area contributed by atoms with Crippen LogP contribution in [0.15, 0.2) is 158 Å². The van der Waals surface area contributed by atoms with E-state index in [2.05, 4.69) is 158 Å². The third-order valence-electron chi connectivity index (χ3n) is 11.3. The topological polar surface area (TPSA) is 0 Å². The lowest BCUT2D eigenvalue weighted by Gasteiger charge is -2.16. The lowest BCUT2D eigenvalue weighted by molar-refractivity contribution is 1.69. The highest BCUT2D eigenvalue weighted by Crippen LogP contribution is 2.56. The fourth-order valence-electron chi connectivity index (χ4n) is 9.52. The first-order valence-electron chi connectivity index (χ1n) is 16.9. The van der Waals surface area contributed by atoms with Gasteiger partial charge in [-0.25, -0.2) is 0 Å². The molecular weight excluding hydrogens is 577 g/mol. The molecular formula is C48H26. The Labute approximate surface area is 276 Å². The van der Waals surface area contributed by atoms with Crippen molar-refractivity contribution in [2.24, 2.45) is 0 Å². The predicted molar refractivity (Wildman–Crippen MR) is 207 cm³/mol. The normalized spacial score (nSPS) is 12.6. The van der Waals surface area contributed by atoms with Crippen LogP contribution in [-0.2, 0) is 0 Å². The van der Waals surface area contributed by atoms with Gasteiger partial charge < -0.3 is 0 Å². The minimum Gasteiger partial charge on any atom is -0.0622 e. The van der Waals surface area contributed by atoms with E-state index in [0.29, 0.717) is 0 Å². The summed E-state index contributed by atoms with van der Waals surface area (Å²) in [6, 6.07) is 59.2. The first-order valence-corrected chi connectivity index (χ1v) is 16.9. The highest BCUT2D eigenvalue weighted by molar-refractivity contribution is 6.49. The van der Waals surface area contributed by atoms with Crippen molar-refractivity contribution >= 4 is 75.4 Å². The van der Waals surface area contributed by atoms with E-state index in [-0.39, 0.29) is 0 Å². The fraction of sp³-hybridized carbons (Fsp3) is 0. The van der Waals surface area contributed by atoms with Crippen LogP contribution in [0.2, 0.25) is 0 Å². The average molecular weight is 603 g/mol. The van der Waals surface area contributed by atoms with Crippen LogP contribution in [-0.4, -0.2) is 0 Å². The van der Waals surface area contributed by atoms with Crippen molar-refractivity contribution in [2.75, 3.05) is 0 Å². The minimum absolute atomic E-state index is 1.27. The van der Waals surface area contributed by atoms with Crippen molar-refractivity contribution in [3.8, 4) is 44.5 Å². The zero-order valence-electron chi connectivity index (χ0n) is 26.0. The molecule has 0 bridgehead atoms. The molecule has 0 aliphatic heterocycles. The van der Waals surface area contributed by atoms with Crippen molar-refractivity contribution < 1.29 is 0 Å². The summed E-state index contributed by atoms with van der Waals surface area (Å²) in [5, 5.41) is 18.9. The lowest BCUT2D eigenvalue weighted by atomic mass is 9.87. The summed E-state index contributed by atoms with van der Waals surface area (Å²) in [7, 11) is 0. The molecule has 1 aliphatic carbocycles. The van der Waals surface area contributed by atoms with E-state index in [0.717, 1.165) is 0 Å². The van der Waals surface area contributed by atoms with Crippen molar-refractivity contribution in [3.05, 3.63) is 158 Å². The summed E-state index contributed by atoms with van der Waals surface area (Å²) in [5.74, 6) is 0. The molecule has 12 rings (SSSR count). The molecule has 0 heterocycles. The molecule has 11 aromatic rings. The monoisotopic (exact) mass is 602 g/mol. The molecule has 0 fully saturated rings. The number of hydrogen-bond acceptors (Lipinski definition) is 0. The maximum Gasteiger partial charge on any atom is -0.000697 e. The van der Waals surface area contributed by atoms with Gasteiger partial charge in [0.1, 0.15) is 0 Å². The second-order valence-corrected chi connectivity index (χ2v) is 13.5. The summed E-state index contributed by atoms with van der Waals surface area (Å²) < 4.78 is 0. The van der Waals surface area contributed by atoms with Gasteiger partial charge in [0.05, 0.1) is 0 Å². The first kappa shape index (κ1) is 24.9. The van der Waals surface area contributed by atoms with Gasteiger partial charge in [-0.15, -0.1) is 0 Å². The summed E-state index contributed by atoms with van der Waals surface area (Å²) >= 11 is 0. The van der Waals surface area contributed by atoms with Gasteiger partial charge in [-0.05, 0) is 120 Å². The summed E-state index contributed by atoms with van der Waals surface area (Å²) in [4.78, 5) is 0. The molecule has 218 valence electrons. The van der Waals surface area contributed by atoms with Gasteiger partial charge in [-0.3, -0.25) is 0 Å². The Kier molecular flexibility index (Phi) is 4.55. The standard InChI is InChI=1S/C48H26/c1-2-11-28(12-3-1)42-40-26-25-37(31-23-24-36-30-16-5-4-15-29(30)32-19-10-20-33(31)43(32)36)44-34-17-6-7-18-35(34)45(47(40)44)48-39-22-9-14-27-13-8-21-38(41(27)39)46(42)48/h1-26H. The highest BCUT2D eigenvalue weighted by atomic mass is 14.3. The van der Waals surface area contributed by atoms with E-state index >= 15 is 0 Å². The van der Waals surface area contributed by atoms with Gasteiger partial charge in [-0.1, -0.05) is 158 Å². The zero-order valence-corrected chi connectivity index (χ0v) is 26.0. The SMILES string of the molecule is c1ccc(-c2c3ccc(-c4ccc5c6c(cccc46)-c4ccccc4-5)c4c5ccccc5c(c34)c3c4cccc5cccc(c23)c54)cc1. The van der Waals surface area contributed by atoms with E-state index in [4.69, 9.17) is 0 Å². The van der Waals surface area contributed by atoms with Gasteiger partial charge in [0, 0.05) is 0 Å². The molecule has 0 aromatic heterocycles. The van der Waals surface area contributed by atoms with Crippen LogP contribution in [0, 0.1) is 0 Å². The average Bonchev–Trinajstić information content (AvgIpc) is 3.79.